The van der Waals surface area contributed by atoms with E-state index in [2.05, 4.69) is 22.8 Å². The number of nitrogens with one attached hydrogen (secondary N) is 2. The molecule has 1 aromatic carbocycles. The van der Waals surface area contributed by atoms with Gasteiger partial charge in [0.25, 0.3) is 0 Å². The van der Waals surface area contributed by atoms with Gasteiger partial charge in [-0.25, -0.2) is 9.78 Å². The van der Waals surface area contributed by atoms with Crippen LogP contribution in [0.2, 0.25) is 0 Å². The summed E-state index contributed by atoms with van der Waals surface area (Å²) in [6.07, 6.45) is 0.884. The third-order valence-electron chi connectivity index (χ3n) is 6.93. The molecule has 43 heavy (non-hydrogen) atoms. The minimum absolute atomic E-state index is 0.163. The number of hydrogen-bond donors (Lipinski definition) is 3. The molecule has 0 radical (unpaired) electrons. The maximum Gasteiger partial charge on any atom is 0.408 e. The highest BCUT2D eigenvalue weighted by Gasteiger charge is 2.34. The lowest BCUT2D eigenvalue weighted by molar-refractivity contribution is -0.127. The Hall–Kier alpha value is -4.29. The lowest BCUT2D eigenvalue weighted by Gasteiger charge is -2.36. The SMILES string of the molecule is CCc1c(C#N)c(SC(C(N)=O)c2ccccc2)nc(N2CCC(NC(=O)C(C)(C)NC(=O)OC(C)(C)C)CC2)c1C#N. The molecule has 4 N–H and O–H groups in total. The lowest BCUT2D eigenvalue weighted by atomic mass is 9.98. The number of ether oxygens (including phenoxy) is 1. The van der Waals surface area contributed by atoms with Gasteiger partial charge in [0.05, 0.1) is 11.1 Å². The number of carbonyl (C=O) groups is 3. The second-order valence-corrected chi connectivity index (χ2v) is 12.9. The number of aromatic nitrogens is 1. The van der Waals surface area contributed by atoms with Gasteiger partial charge in [0, 0.05) is 19.1 Å². The fraction of sp³-hybridized carbons (Fsp3) is 0.484. The summed E-state index contributed by atoms with van der Waals surface area (Å²) in [6, 6.07) is 13.3. The van der Waals surface area contributed by atoms with E-state index in [1.165, 1.54) is 0 Å². The van der Waals surface area contributed by atoms with Gasteiger partial charge in [-0.1, -0.05) is 49.0 Å². The molecule has 1 aliphatic heterocycles. The van der Waals surface area contributed by atoms with Crippen molar-refractivity contribution in [3.8, 4) is 12.1 Å². The van der Waals surface area contributed by atoms with E-state index in [9.17, 15) is 24.9 Å². The number of anilines is 1. The Bertz CT molecular complexity index is 1430. The lowest BCUT2D eigenvalue weighted by Crippen LogP contribution is -2.58. The molecule has 11 nitrogen and oxygen atoms in total. The molecule has 1 fully saturated rings. The molecule has 1 aliphatic rings. The van der Waals surface area contributed by atoms with Crippen LogP contribution in [0.25, 0.3) is 0 Å². The summed E-state index contributed by atoms with van der Waals surface area (Å²) in [4.78, 5) is 44.5. The maximum atomic E-state index is 13.0. The smallest absolute Gasteiger partial charge is 0.408 e. The van der Waals surface area contributed by atoms with Gasteiger partial charge in [-0.3, -0.25) is 9.59 Å². The highest BCUT2D eigenvalue weighted by molar-refractivity contribution is 8.00. The number of nitriles is 2. The predicted molar refractivity (Wildman–Crippen MR) is 164 cm³/mol. The minimum Gasteiger partial charge on any atom is -0.444 e. The number of benzene rings is 1. The number of pyridine rings is 1. The summed E-state index contributed by atoms with van der Waals surface area (Å²) >= 11 is 1.10. The molecule has 2 aromatic rings. The molecule has 12 heteroatoms. The standard InChI is InChI=1S/C31H39N7O4S/c1-7-21-22(17-32)26(36-27(23(21)18-33)43-24(25(34)39)19-11-9-8-10-12-19)38-15-13-20(14-16-38)35-28(40)31(5,6)37-29(41)42-30(2,3)4/h8-12,20,24H,7,13-16H2,1-6H3,(H2,34,39)(H,35,40)(H,37,41). The number of nitrogens with two attached hydrogens (primary N) is 1. The van der Waals surface area contributed by atoms with Gasteiger partial charge in [-0.2, -0.15) is 10.5 Å². The summed E-state index contributed by atoms with van der Waals surface area (Å²) in [5.74, 6) is -0.461. The molecular formula is C31H39N7O4S. The first-order chi connectivity index (χ1) is 20.2. The van der Waals surface area contributed by atoms with Crippen molar-refractivity contribution in [1.29, 1.82) is 10.5 Å². The van der Waals surface area contributed by atoms with Gasteiger partial charge in [-0.15, -0.1) is 0 Å². The number of rotatable bonds is 9. The van der Waals surface area contributed by atoms with Gasteiger partial charge in [0.1, 0.15) is 39.4 Å². The molecule has 0 bridgehead atoms. The zero-order valence-corrected chi connectivity index (χ0v) is 26.3. The zero-order valence-electron chi connectivity index (χ0n) is 25.5. The van der Waals surface area contributed by atoms with Crippen LogP contribution in [0.4, 0.5) is 10.6 Å². The third-order valence-corrected chi connectivity index (χ3v) is 8.19. The van der Waals surface area contributed by atoms with E-state index in [1.807, 2.05) is 30.0 Å². The fourth-order valence-electron chi connectivity index (χ4n) is 4.74. The van der Waals surface area contributed by atoms with Crippen LogP contribution in [0.3, 0.4) is 0 Å². The monoisotopic (exact) mass is 605 g/mol. The van der Waals surface area contributed by atoms with Gasteiger partial charge < -0.3 is 26.0 Å². The molecule has 1 unspecified atom stereocenters. The van der Waals surface area contributed by atoms with E-state index >= 15 is 0 Å². The minimum atomic E-state index is -1.19. The number of thioether (sulfide) groups is 1. The van der Waals surface area contributed by atoms with Gasteiger partial charge >= 0.3 is 6.09 Å². The fourth-order valence-corrected chi connectivity index (χ4v) is 5.80. The highest BCUT2D eigenvalue weighted by Crippen LogP contribution is 2.40. The van der Waals surface area contributed by atoms with Gasteiger partial charge in [0.15, 0.2) is 0 Å². The Morgan fingerprint density at radius 1 is 1.09 bits per heavy atom. The van der Waals surface area contributed by atoms with Crippen LogP contribution in [0.1, 0.15) is 81.9 Å². The largest absolute Gasteiger partial charge is 0.444 e. The quantitative estimate of drug-likeness (QED) is 0.356. The van der Waals surface area contributed by atoms with Gasteiger partial charge in [-0.05, 0) is 65.0 Å². The normalized spacial score (nSPS) is 14.7. The summed E-state index contributed by atoms with van der Waals surface area (Å²) in [7, 11) is 0. The second-order valence-electron chi connectivity index (χ2n) is 11.8. The van der Waals surface area contributed by atoms with Crippen molar-refractivity contribution in [2.75, 3.05) is 18.0 Å². The van der Waals surface area contributed by atoms with E-state index in [0.717, 1.165) is 11.8 Å². The zero-order chi connectivity index (χ0) is 31.9. The van der Waals surface area contributed by atoms with Crippen LogP contribution in [-0.2, 0) is 20.7 Å². The molecule has 1 atom stereocenters. The molecular weight excluding hydrogens is 566 g/mol. The van der Waals surface area contributed by atoms with E-state index < -0.39 is 28.4 Å². The van der Waals surface area contributed by atoms with E-state index in [0.29, 0.717) is 59.9 Å². The van der Waals surface area contributed by atoms with Crippen molar-refractivity contribution in [2.24, 2.45) is 5.73 Å². The van der Waals surface area contributed by atoms with Crippen LogP contribution < -0.4 is 21.3 Å². The van der Waals surface area contributed by atoms with Gasteiger partial charge in [0.2, 0.25) is 11.8 Å². The van der Waals surface area contributed by atoms with Crippen molar-refractivity contribution in [3.63, 3.8) is 0 Å². The summed E-state index contributed by atoms with van der Waals surface area (Å²) in [5, 5.41) is 25.4. The first-order valence-corrected chi connectivity index (χ1v) is 15.0. The summed E-state index contributed by atoms with van der Waals surface area (Å²) in [5.41, 5.74) is 5.71. The molecule has 0 spiro atoms. The van der Waals surface area contributed by atoms with Crippen molar-refractivity contribution in [3.05, 3.63) is 52.6 Å². The topological polar surface area (TPSA) is 174 Å². The van der Waals surface area contributed by atoms with Crippen LogP contribution >= 0.6 is 11.8 Å². The Balaban J connectivity index is 1.81. The average Bonchev–Trinajstić information content (AvgIpc) is 2.94. The van der Waals surface area contributed by atoms with E-state index in [1.54, 1.807) is 46.8 Å². The number of piperidine rings is 1. The number of amides is 3. The van der Waals surface area contributed by atoms with Crippen molar-refractivity contribution in [1.82, 2.24) is 15.6 Å². The maximum absolute atomic E-state index is 13.0. The van der Waals surface area contributed by atoms with Crippen LogP contribution in [0.5, 0.6) is 0 Å². The molecule has 0 saturated carbocycles. The summed E-state index contributed by atoms with van der Waals surface area (Å²) < 4.78 is 5.29. The van der Waals surface area contributed by atoms with E-state index in [4.69, 9.17) is 15.5 Å². The number of hydrogen-bond acceptors (Lipinski definition) is 9. The number of alkyl carbamates (subject to hydrolysis) is 1. The van der Waals surface area contributed by atoms with Crippen LogP contribution in [0.15, 0.2) is 35.4 Å². The molecule has 3 rings (SSSR count). The van der Waals surface area contributed by atoms with Crippen molar-refractivity contribution >= 4 is 35.5 Å². The molecule has 3 amide bonds. The van der Waals surface area contributed by atoms with Crippen LogP contribution in [0, 0.1) is 22.7 Å². The number of nitrogens with zero attached hydrogens (tertiary/aromatic N) is 4. The first-order valence-electron chi connectivity index (χ1n) is 14.2. The average molecular weight is 606 g/mol. The Morgan fingerprint density at radius 2 is 1.70 bits per heavy atom. The predicted octanol–water partition coefficient (Wildman–Crippen LogP) is 4.09. The molecule has 0 aliphatic carbocycles. The third kappa shape index (κ3) is 8.39. The second kappa shape index (κ2) is 13.8. The highest BCUT2D eigenvalue weighted by atomic mass is 32.2. The number of carbonyl (C=O) groups excluding carboxylic acids is 3. The molecule has 1 saturated heterocycles. The molecule has 228 valence electrons. The van der Waals surface area contributed by atoms with Crippen molar-refractivity contribution in [2.45, 2.75) is 88.3 Å². The Kier molecular flexibility index (Phi) is 10.7. The summed E-state index contributed by atoms with van der Waals surface area (Å²) in [6.45, 7) is 11.3. The van der Waals surface area contributed by atoms with Crippen LogP contribution in [-0.4, -0.2) is 53.2 Å². The van der Waals surface area contributed by atoms with E-state index in [-0.39, 0.29) is 17.5 Å². The number of primary amides is 1. The Labute approximate surface area is 257 Å². The van der Waals surface area contributed by atoms with Crippen molar-refractivity contribution < 1.29 is 19.1 Å². The Morgan fingerprint density at radius 3 is 2.21 bits per heavy atom. The molecule has 1 aromatic heterocycles. The molecule has 2 heterocycles. The first kappa shape index (κ1) is 33.2.